The molecule has 0 aliphatic carbocycles. The van der Waals surface area contributed by atoms with Gasteiger partial charge in [0.05, 0.1) is 22.0 Å². The molecule has 2 aromatic rings. The number of halogens is 2. The number of benzene rings is 2. The molecule has 1 amide bonds. The van der Waals surface area contributed by atoms with Crippen LogP contribution >= 0.6 is 11.8 Å². The van der Waals surface area contributed by atoms with Gasteiger partial charge in [0.25, 0.3) is 0 Å². The van der Waals surface area contributed by atoms with E-state index in [1.807, 2.05) is 0 Å². The molecule has 2 aromatic carbocycles. The van der Waals surface area contributed by atoms with Crippen LogP contribution in [0.3, 0.4) is 0 Å². The summed E-state index contributed by atoms with van der Waals surface area (Å²) in [5, 5.41) is 10.9. The summed E-state index contributed by atoms with van der Waals surface area (Å²) < 4.78 is 51.9. The second-order valence-corrected chi connectivity index (χ2v) is 9.72. The average Bonchev–Trinajstić information content (AvgIpc) is 2.66. The van der Waals surface area contributed by atoms with Crippen LogP contribution in [0.15, 0.2) is 52.3 Å². The second kappa shape index (κ2) is 9.85. The standard InChI is InChI=1S/C20H20F2N2O3S2/c1-3-10-29(26,27)19-7-5-4-6-18(19)28-13(2)20(25)24-17(12-23)15-9-8-14(21)11-16(15)22/h4-9,11,13,17H,3,10H2,1-2H3,(H,24,25). The van der Waals surface area contributed by atoms with E-state index in [0.29, 0.717) is 17.4 Å². The molecule has 0 saturated carbocycles. The summed E-state index contributed by atoms with van der Waals surface area (Å²) in [6.45, 7) is 3.32. The molecular formula is C20H20F2N2O3S2. The van der Waals surface area contributed by atoms with Crippen molar-refractivity contribution in [3.63, 3.8) is 0 Å². The minimum Gasteiger partial charge on any atom is -0.336 e. The summed E-state index contributed by atoms with van der Waals surface area (Å²) in [4.78, 5) is 13.1. The lowest BCUT2D eigenvalue weighted by molar-refractivity contribution is -0.120. The number of hydrogen-bond acceptors (Lipinski definition) is 5. The van der Waals surface area contributed by atoms with Crippen LogP contribution in [0.5, 0.6) is 0 Å². The van der Waals surface area contributed by atoms with Crippen molar-refractivity contribution >= 4 is 27.5 Å². The monoisotopic (exact) mass is 438 g/mol. The van der Waals surface area contributed by atoms with E-state index in [1.165, 1.54) is 6.07 Å². The van der Waals surface area contributed by atoms with E-state index < -0.39 is 38.7 Å². The number of nitrogens with one attached hydrogen (secondary N) is 1. The highest BCUT2D eigenvalue weighted by Gasteiger charge is 2.25. The summed E-state index contributed by atoms with van der Waals surface area (Å²) in [6, 6.07) is 9.60. The normalized spacial score (nSPS) is 13.3. The Morgan fingerprint density at radius 3 is 2.55 bits per heavy atom. The number of nitrogens with zero attached hydrogens (tertiary/aromatic N) is 1. The van der Waals surface area contributed by atoms with Crippen molar-refractivity contribution in [1.82, 2.24) is 5.32 Å². The Labute approximate surface area is 173 Å². The Morgan fingerprint density at radius 2 is 1.93 bits per heavy atom. The third-order valence-electron chi connectivity index (χ3n) is 4.02. The minimum atomic E-state index is -3.48. The first-order chi connectivity index (χ1) is 13.7. The van der Waals surface area contributed by atoms with E-state index in [9.17, 15) is 27.3 Å². The molecule has 0 aliphatic heterocycles. The molecule has 0 bridgehead atoms. The number of nitriles is 1. The molecule has 9 heteroatoms. The maximum atomic E-state index is 13.9. The zero-order chi connectivity index (χ0) is 21.6. The lowest BCUT2D eigenvalue weighted by Crippen LogP contribution is -2.34. The highest BCUT2D eigenvalue weighted by molar-refractivity contribution is 8.01. The van der Waals surface area contributed by atoms with Crippen molar-refractivity contribution in [3.8, 4) is 6.07 Å². The van der Waals surface area contributed by atoms with Crippen LogP contribution in [0.2, 0.25) is 0 Å². The van der Waals surface area contributed by atoms with E-state index in [4.69, 9.17) is 0 Å². The van der Waals surface area contributed by atoms with Crippen molar-refractivity contribution in [3.05, 3.63) is 59.7 Å². The van der Waals surface area contributed by atoms with Gasteiger partial charge in [-0.25, -0.2) is 17.2 Å². The van der Waals surface area contributed by atoms with Crippen LogP contribution in [-0.4, -0.2) is 25.3 Å². The van der Waals surface area contributed by atoms with Crippen LogP contribution in [0.1, 0.15) is 31.9 Å². The largest absolute Gasteiger partial charge is 0.336 e. The predicted octanol–water partition coefficient (Wildman–Crippen LogP) is 4.01. The first-order valence-electron chi connectivity index (χ1n) is 8.83. The van der Waals surface area contributed by atoms with Gasteiger partial charge in [0.15, 0.2) is 9.84 Å². The van der Waals surface area contributed by atoms with Crippen LogP contribution in [-0.2, 0) is 14.6 Å². The zero-order valence-electron chi connectivity index (χ0n) is 15.9. The predicted molar refractivity (Wildman–Crippen MR) is 107 cm³/mol. The molecule has 29 heavy (non-hydrogen) atoms. The van der Waals surface area contributed by atoms with Gasteiger partial charge in [-0.2, -0.15) is 5.26 Å². The topological polar surface area (TPSA) is 87.0 Å². The Hall–Kier alpha value is -2.44. The van der Waals surface area contributed by atoms with E-state index in [1.54, 1.807) is 38.1 Å². The van der Waals surface area contributed by atoms with E-state index in [-0.39, 0.29) is 16.2 Å². The minimum absolute atomic E-state index is 0.00843. The number of carbonyl (C=O) groups is 1. The average molecular weight is 439 g/mol. The molecule has 0 radical (unpaired) electrons. The van der Waals surface area contributed by atoms with Crippen molar-refractivity contribution in [2.45, 2.75) is 41.4 Å². The van der Waals surface area contributed by atoms with Gasteiger partial charge in [-0.1, -0.05) is 25.1 Å². The van der Waals surface area contributed by atoms with Crippen LogP contribution in [0, 0.1) is 23.0 Å². The number of hydrogen-bond donors (Lipinski definition) is 1. The Bertz CT molecular complexity index is 1040. The van der Waals surface area contributed by atoms with Crippen molar-refractivity contribution in [2.24, 2.45) is 0 Å². The van der Waals surface area contributed by atoms with Crippen molar-refractivity contribution < 1.29 is 22.0 Å². The number of amides is 1. The lowest BCUT2D eigenvalue weighted by Gasteiger charge is -2.17. The summed E-state index contributed by atoms with van der Waals surface area (Å²) in [7, 11) is -3.48. The molecule has 0 spiro atoms. The molecule has 5 nitrogen and oxygen atoms in total. The Morgan fingerprint density at radius 1 is 1.24 bits per heavy atom. The fourth-order valence-corrected chi connectivity index (χ4v) is 5.44. The van der Waals surface area contributed by atoms with Crippen molar-refractivity contribution in [2.75, 3.05) is 5.75 Å². The van der Waals surface area contributed by atoms with Gasteiger partial charge in [0.2, 0.25) is 5.91 Å². The maximum Gasteiger partial charge on any atom is 0.234 e. The fourth-order valence-electron chi connectivity index (χ4n) is 2.60. The van der Waals surface area contributed by atoms with E-state index in [0.717, 1.165) is 23.9 Å². The Kier molecular flexibility index (Phi) is 7.76. The molecular weight excluding hydrogens is 418 g/mol. The first kappa shape index (κ1) is 22.8. The van der Waals surface area contributed by atoms with Gasteiger partial charge in [-0.15, -0.1) is 11.8 Å². The quantitative estimate of drug-likeness (QED) is 0.630. The third-order valence-corrected chi connectivity index (χ3v) is 7.30. The number of sulfone groups is 1. The van der Waals surface area contributed by atoms with Gasteiger partial charge < -0.3 is 5.32 Å². The van der Waals surface area contributed by atoms with Gasteiger partial charge in [0.1, 0.15) is 17.7 Å². The summed E-state index contributed by atoms with van der Waals surface area (Å²) in [5.41, 5.74) is -0.148. The van der Waals surface area contributed by atoms with Gasteiger partial charge in [-0.3, -0.25) is 4.79 Å². The summed E-state index contributed by atoms with van der Waals surface area (Å²) in [6.07, 6.45) is 0.463. The number of carbonyl (C=O) groups excluding carboxylic acids is 1. The maximum absolute atomic E-state index is 13.9. The number of thioether (sulfide) groups is 1. The number of rotatable bonds is 8. The molecule has 0 aromatic heterocycles. The van der Waals surface area contributed by atoms with Crippen LogP contribution in [0.4, 0.5) is 8.78 Å². The molecule has 0 aliphatic rings. The molecule has 0 saturated heterocycles. The molecule has 2 atom stereocenters. The van der Waals surface area contributed by atoms with E-state index in [2.05, 4.69) is 5.32 Å². The molecule has 2 rings (SSSR count). The summed E-state index contributed by atoms with van der Waals surface area (Å²) >= 11 is 1.03. The molecule has 154 valence electrons. The highest BCUT2D eigenvalue weighted by Crippen LogP contribution is 2.31. The van der Waals surface area contributed by atoms with Gasteiger partial charge >= 0.3 is 0 Å². The Balaban J connectivity index is 2.18. The zero-order valence-corrected chi connectivity index (χ0v) is 17.5. The molecule has 0 fully saturated rings. The van der Waals surface area contributed by atoms with Gasteiger partial charge in [-0.05, 0) is 31.5 Å². The van der Waals surface area contributed by atoms with Crippen molar-refractivity contribution in [1.29, 1.82) is 5.26 Å². The molecule has 1 N–H and O–H groups in total. The smallest absolute Gasteiger partial charge is 0.234 e. The first-order valence-corrected chi connectivity index (χ1v) is 11.4. The second-order valence-electron chi connectivity index (χ2n) is 6.26. The lowest BCUT2D eigenvalue weighted by atomic mass is 10.1. The third kappa shape index (κ3) is 5.78. The van der Waals surface area contributed by atoms with Crippen LogP contribution in [0.25, 0.3) is 0 Å². The van der Waals surface area contributed by atoms with Crippen LogP contribution < -0.4 is 5.32 Å². The van der Waals surface area contributed by atoms with E-state index >= 15 is 0 Å². The summed E-state index contributed by atoms with van der Waals surface area (Å²) in [5.74, 6) is -2.31. The molecule has 0 heterocycles. The molecule has 2 unspecified atom stereocenters. The SMILES string of the molecule is CCCS(=O)(=O)c1ccccc1SC(C)C(=O)NC(C#N)c1ccc(F)cc1F. The highest BCUT2D eigenvalue weighted by atomic mass is 32.2. The van der Waals surface area contributed by atoms with Gasteiger partial charge in [0, 0.05) is 16.5 Å². The fraction of sp³-hybridized carbons (Fsp3) is 0.300.